The molecule has 0 aromatic heterocycles. The molecule has 2 N–H and O–H groups in total. The third-order valence-electron chi connectivity index (χ3n) is 5.00. The third kappa shape index (κ3) is 4.94. The Hall–Kier alpha value is -0.590. The number of aliphatic hydroxyl groups is 1. The molecule has 23 heavy (non-hydrogen) atoms. The summed E-state index contributed by atoms with van der Waals surface area (Å²) in [6, 6.07) is 8.91. The van der Waals surface area contributed by atoms with Gasteiger partial charge in [-0.3, -0.25) is 9.80 Å². The van der Waals surface area contributed by atoms with Crippen molar-refractivity contribution in [2.75, 3.05) is 52.1 Å². The lowest BCUT2D eigenvalue weighted by atomic mass is 9.93. The normalized spacial score (nSPS) is 27.2. The molecule has 3 rings (SSSR count). The monoisotopic (exact) mass is 335 g/mol. The van der Waals surface area contributed by atoms with Gasteiger partial charge in [0.15, 0.2) is 0 Å². The Morgan fingerprint density at radius 1 is 1.13 bits per heavy atom. The van der Waals surface area contributed by atoms with Crippen LogP contribution < -0.4 is 5.32 Å². The average Bonchev–Trinajstić information content (AvgIpc) is 2.58. The van der Waals surface area contributed by atoms with E-state index in [1.165, 1.54) is 10.5 Å². The summed E-state index contributed by atoms with van der Waals surface area (Å²) in [6.45, 7) is 7.95. The molecule has 0 aliphatic carbocycles. The fourth-order valence-corrected chi connectivity index (χ4v) is 4.01. The van der Waals surface area contributed by atoms with Gasteiger partial charge in [-0.15, -0.1) is 11.8 Å². The quantitative estimate of drug-likeness (QED) is 0.801. The zero-order valence-electron chi connectivity index (χ0n) is 14.1. The minimum Gasteiger partial charge on any atom is -0.387 e. The van der Waals surface area contributed by atoms with Crippen molar-refractivity contribution < 1.29 is 5.11 Å². The van der Waals surface area contributed by atoms with Crippen LogP contribution in [0, 0.1) is 0 Å². The van der Waals surface area contributed by atoms with Crippen LogP contribution in [-0.2, 0) is 6.54 Å². The maximum Gasteiger partial charge on any atom is 0.0898 e. The van der Waals surface area contributed by atoms with Crippen LogP contribution >= 0.6 is 11.8 Å². The highest BCUT2D eigenvalue weighted by Gasteiger charge is 2.32. The number of piperazine rings is 1. The summed E-state index contributed by atoms with van der Waals surface area (Å²) in [5.74, 6) is 0. The van der Waals surface area contributed by atoms with E-state index in [-0.39, 0.29) is 0 Å². The van der Waals surface area contributed by atoms with Crippen molar-refractivity contribution >= 4 is 11.8 Å². The highest BCUT2D eigenvalue weighted by molar-refractivity contribution is 7.98. The number of nitrogens with zero attached hydrogens (tertiary/aromatic N) is 2. The summed E-state index contributed by atoms with van der Waals surface area (Å²) in [4.78, 5) is 6.28. The molecule has 2 aliphatic heterocycles. The van der Waals surface area contributed by atoms with Crippen LogP contribution in [0.2, 0.25) is 0 Å². The van der Waals surface area contributed by atoms with E-state index in [0.29, 0.717) is 0 Å². The van der Waals surface area contributed by atoms with Crippen molar-refractivity contribution in [2.24, 2.45) is 0 Å². The van der Waals surface area contributed by atoms with Crippen LogP contribution in [-0.4, -0.2) is 72.6 Å². The van der Waals surface area contributed by atoms with Crippen LogP contribution in [0.1, 0.15) is 18.4 Å². The maximum atomic E-state index is 10.7. The van der Waals surface area contributed by atoms with Gasteiger partial charge in [-0.05, 0) is 43.3 Å². The number of rotatable bonds is 5. The van der Waals surface area contributed by atoms with Gasteiger partial charge in [0, 0.05) is 50.7 Å². The molecule has 128 valence electrons. The van der Waals surface area contributed by atoms with E-state index in [0.717, 1.165) is 65.2 Å². The van der Waals surface area contributed by atoms with Crippen molar-refractivity contribution in [2.45, 2.75) is 29.9 Å². The highest BCUT2D eigenvalue weighted by Crippen LogP contribution is 2.19. The van der Waals surface area contributed by atoms with Crippen molar-refractivity contribution in [1.29, 1.82) is 0 Å². The van der Waals surface area contributed by atoms with Crippen LogP contribution in [0.4, 0.5) is 0 Å². The molecule has 2 heterocycles. The predicted octanol–water partition coefficient (Wildman–Crippen LogP) is 1.64. The molecule has 2 aliphatic rings. The zero-order chi connectivity index (χ0) is 16.1. The minimum absolute atomic E-state index is 0.520. The Labute approximate surface area is 144 Å². The van der Waals surface area contributed by atoms with Gasteiger partial charge < -0.3 is 10.4 Å². The molecule has 0 bridgehead atoms. The van der Waals surface area contributed by atoms with Crippen LogP contribution in [0.25, 0.3) is 0 Å². The van der Waals surface area contributed by atoms with E-state index in [1.807, 2.05) is 0 Å². The van der Waals surface area contributed by atoms with Crippen molar-refractivity contribution in [3.63, 3.8) is 0 Å². The number of hydrogen-bond donors (Lipinski definition) is 2. The van der Waals surface area contributed by atoms with Crippen LogP contribution in [0.5, 0.6) is 0 Å². The minimum atomic E-state index is -0.520. The van der Waals surface area contributed by atoms with Gasteiger partial charge in [-0.25, -0.2) is 0 Å². The number of thioether (sulfide) groups is 1. The molecular weight excluding hydrogens is 306 g/mol. The van der Waals surface area contributed by atoms with Gasteiger partial charge in [-0.2, -0.15) is 0 Å². The predicted molar refractivity (Wildman–Crippen MR) is 97.0 cm³/mol. The van der Waals surface area contributed by atoms with Gasteiger partial charge in [0.2, 0.25) is 0 Å². The van der Waals surface area contributed by atoms with E-state index in [4.69, 9.17) is 0 Å². The Morgan fingerprint density at radius 2 is 1.83 bits per heavy atom. The number of hydrogen-bond acceptors (Lipinski definition) is 5. The second-order valence-electron chi connectivity index (χ2n) is 6.91. The molecule has 1 atom stereocenters. The maximum absolute atomic E-state index is 10.7. The first kappa shape index (κ1) is 17.2. The molecule has 4 nitrogen and oxygen atoms in total. The summed E-state index contributed by atoms with van der Waals surface area (Å²) in [6.07, 6.45) is 4.13. The van der Waals surface area contributed by atoms with Gasteiger partial charge in [0.1, 0.15) is 0 Å². The average molecular weight is 336 g/mol. The molecule has 1 aromatic carbocycles. The molecule has 0 radical (unpaired) electrons. The lowest BCUT2D eigenvalue weighted by Crippen LogP contribution is -2.56. The van der Waals surface area contributed by atoms with Gasteiger partial charge in [0.25, 0.3) is 0 Å². The molecule has 2 fully saturated rings. The third-order valence-corrected chi connectivity index (χ3v) is 5.74. The SMILES string of the molecule is CSc1ccc(CN2CCN(C[C@@]3(O)CCCNC3)CC2)cc1. The lowest BCUT2D eigenvalue weighted by Gasteiger charge is -2.41. The van der Waals surface area contributed by atoms with Crippen molar-refractivity contribution in [1.82, 2.24) is 15.1 Å². The summed E-state index contributed by atoms with van der Waals surface area (Å²) in [5, 5.41) is 14.0. The first-order chi connectivity index (χ1) is 11.2. The molecular formula is C18H29N3OS. The van der Waals surface area contributed by atoms with E-state index >= 15 is 0 Å². The molecule has 0 spiro atoms. The molecule has 2 saturated heterocycles. The molecule has 0 saturated carbocycles. The first-order valence-corrected chi connectivity index (χ1v) is 9.90. The molecule has 0 unspecified atom stereocenters. The number of piperidine rings is 1. The summed E-state index contributed by atoms with van der Waals surface area (Å²) >= 11 is 1.79. The summed E-state index contributed by atoms with van der Waals surface area (Å²) in [5.41, 5.74) is 0.875. The summed E-state index contributed by atoms with van der Waals surface area (Å²) < 4.78 is 0. The standard InChI is InChI=1S/C18H29N3OS/c1-23-17-5-3-16(4-6-17)13-20-9-11-21(12-10-20)15-18(22)7-2-8-19-14-18/h3-6,19,22H,2,7-15H2,1H3/t18-/m1/s1. The van der Waals surface area contributed by atoms with Crippen LogP contribution in [0.3, 0.4) is 0 Å². The van der Waals surface area contributed by atoms with E-state index in [9.17, 15) is 5.11 Å². The van der Waals surface area contributed by atoms with E-state index in [1.54, 1.807) is 11.8 Å². The number of nitrogens with one attached hydrogen (secondary N) is 1. The van der Waals surface area contributed by atoms with Crippen molar-refractivity contribution in [3.8, 4) is 0 Å². The van der Waals surface area contributed by atoms with E-state index in [2.05, 4.69) is 45.6 Å². The Balaban J connectivity index is 1.44. The first-order valence-electron chi connectivity index (χ1n) is 8.68. The second kappa shape index (κ2) is 7.99. The Morgan fingerprint density at radius 3 is 2.43 bits per heavy atom. The number of β-amino-alcohol motifs (C(OH)–C–C–N with tert-alkyl or cyclic N) is 1. The number of benzene rings is 1. The topological polar surface area (TPSA) is 38.7 Å². The molecule has 0 amide bonds. The second-order valence-corrected chi connectivity index (χ2v) is 7.78. The van der Waals surface area contributed by atoms with Crippen molar-refractivity contribution in [3.05, 3.63) is 29.8 Å². The summed E-state index contributed by atoms with van der Waals surface area (Å²) in [7, 11) is 0. The zero-order valence-corrected chi connectivity index (χ0v) is 14.9. The highest BCUT2D eigenvalue weighted by atomic mass is 32.2. The fourth-order valence-electron chi connectivity index (χ4n) is 3.60. The lowest BCUT2D eigenvalue weighted by molar-refractivity contribution is -0.0262. The Kier molecular flexibility index (Phi) is 5.99. The Bertz CT molecular complexity index is 480. The van der Waals surface area contributed by atoms with Gasteiger partial charge >= 0.3 is 0 Å². The van der Waals surface area contributed by atoms with E-state index < -0.39 is 5.60 Å². The van der Waals surface area contributed by atoms with Crippen LogP contribution in [0.15, 0.2) is 29.2 Å². The molecule has 5 heteroatoms. The van der Waals surface area contributed by atoms with Gasteiger partial charge in [0.05, 0.1) is 5.60 Å². The largest absolute Gasteiger partial charge is 0.387 e. The molecule has 1 aromatic rings. The van der Waals surface area contributed by atoms with Gasteiger partial charge in [-0.1, -0.05) is 12.1 Å². The smallest absolute Gasteiger partial charge is 0.0898 e. The fraction of sp³-hybridized carbons (Fsp3) is 0.667.